The molecule has 0 aromatic heterocycles. The highest BCUT2D eigenvalue weighted by atomic mass is 16.5. The maximum absolute atomic E-state index is 12.0. The summed E-state index contributed by atoms with van der Waals surface area (Å²) >= 11 is 0. The largest absolute Gasteiger partial charge is 0.464 e. The SMILES string of the molecule is CC1CCCCCCCCC(=O)OCCNC(C)CCCCCCCC(=O)OCCNC(C)CCCCCCCC(=O)OCCN1. The fraction of sp³-hybridized carbons (Fsp3) is 0.919. The molecule has 0 aromatic rings. The molecule has 1 rings (SSSR count). The molecule has 9 nitrogen and oxygen atoms in total. The highest BCUT2D eigenvalue weighted by Crippen LogP contribution is 2.12. The molecule has 3 N–H and O–H groups in total. The van der Waals surface area contributed by atoms with Crippen molar-refractivity contribution in [2.45, 2.75) is 180 Å². The van der Waals surface area contributed by atoms with Crippen molar-refractivity contribution < 1.29 is 28.6 Å². The van der Waals surface area contributed by atoms with Crippen molar-refractivity contribution in [2.75, 3.05) is 39.5 Å². The molecule has 0 amide bonds. The minimum atomic E-state index is -0.0943. The van der Waals surface area contributed by atoms with Crippen LogP contribution in [0.2, 0.25) is 0 Å². The van der Waals surface area contributed by atoms with E-state index in [1.54, 1.807) is 0 Å². The zero-order valence-corrected chi connectivity index (χ0v) is 30.0. The van der Waals surface area contributed by atoms with Crippen LogP contribution in [0.15, 0.2) is 0 Å². The van der Waals surface area contributed by atoms with E-state index in [4.69, 9.17) is 14.2 Å². The maximum atomic E-state index is 12.0. The quantitative estimate of drug-likeness (QED) is 0.185. The number of carbonyl (C=O) groups is 3. The van der Waals surface area contributed by atoms with E-state index in [0.29, 0.717) is 76.8 Å². The number of ether oxygens (including phenoxy) is 3. The van der Waals surface area contributed by atoms with Gasteiger partial charge in [0.25, 0.3) is 0 Å². The molecule has 9 heteroatoms. The normalized spacial score (nSPS) is 26.9. The number of carbonyl (C=O) groups excluding carboxylic acids is 3. The average Bonchev–Trinajstić information content (AvgIpc) is 3.03. The first kappa shape index (κ1) is 42.3. The van der Waals surface area contributed by atoms with E-state index in [1.165, 1.54) is 32.1 Å². The van der Waals surface area contributed by atoms with Crippen molar-refractivity contribution in [3.63, 3.8) is 0 Å². The minimum Gasteiger partial charge on any atom is -0.464 e. The number of hydrogen-bond acceptors (Lipinski definition) is 9. The number of esters is 3. The molecule has 0 saturated carbocycles. The van der Waals surface area contributed by atoms with Gasteiger partial charge in [0.15, 0.2) is 0 Å². The lowest BCUT2D eigenvalue weighted by atomic mass is 10.1. The zero-order valence-electron chi connectivity index (χ0n) is 30.0. The Bertz CT molecular complexity index is 753. The zero-order chi connectivity index (χ0) is 33.5. The molecule has 0 spiro atoms. The van der Waals surface area contributed by atoms with Crippen molar-refractivity contribution in [1.29, 1.82) is 0 Å². The van der Waals surface area contributed by atoms with Gasteiger partial charge in [-0.3, -0.25) is 14.4 Å². The third-order valence-electron chi connectivity index (χ3n) is 8.88. The predicted octanol–water partition coefficient (Wildman–Crippen LogP) is 7.15. The van der Waals surface area contributed by atoms with Crippen LogP contribution in [0.25, 0.3) is 0 Å². The fourth-order valence-electron chi connectivity index (χ4n) is 5.86. The van der Waals surface area contributed by atoms with Gasteiger partial charge in [-0.1, -0.05) is 83.5 Å². The molecule has 0 bridgehead atoms. The van der Waals surface area contributed by atoms with E-state index in [1.807, 2.05) is 0 Å². The van der Waals surface area contributed by atoms with Gasteiger partial charge in [0.2, 0.25) is 0 Å². The Morgan fingerprint density at radius 3 is 0.913 bits per heavy atom. The van der Waals surface area contributed by atoms with Crippen LogP contribution in [-0.2, 0) is 28.6 Å². The molecular formula is C37H71N3O6. The van der Waals surface area contributed by atoms with Gasteiger partial charge in [-0.25, -0.2) is 0 Å². The van der Waals surface area contributed by atoms with Crippen molar-refractivity contribution >= 4 is 17.9 Å². The second kappa shape index (κ2) is 30.6. The van der Waals surface area contributed by atoms with Gasteiger partial charge in [-0.05, 0) is 59.3 Å². The monoisotopic (exact) mass is 654 g/mol. The van der Waals surface area contributed by atoms with Gasteiger partial charge in [-0.15, -0.1) is 0 Å². The first-order valence-corrected chi connectivity index (χ1v) is 19.0. The Balaban J connectivity index is 2.27. The molecule has 1 fully saturated rings. The molecule has 46 heavy (non-hydrogen) atoms. The second-order valence-corrected chi connectivity index (χ2v) is 13.5. The number of hydrogen-bond donors (Lipinski definition) is 3. The Morgan fingerprint density at radius 2 is 0.630 bits per heavy atom. The van der Waals surface area contributed by atoms with Crippen LogP contribution >= 0.6 is 0 Å². The highest BCUT2D eigenvalue weighted by molar-refractivity contribution is 5.69. The van der Waals surface area contributed by atoms with Crippen LogP contribution in [-0.4, -0.2) is 75.5 Å². The summed E-state index contributed by atoms with van der Waals surface area (Å²) in [5.74, 6) is -0.272. The summed E-state index contributed by atoms with van der Waals surface area (Å²) in [6.45, 7) is 9.95. The Labute approximate surface area is 281 Å². The molecule has 1 heterocycles. The van der Waals surface area contributed by atoms with E-state index in [9.17, 15) is 14.4 Å². The minimum absolute atomic E-state index is 0.0878. The first-order valence-electron chi connectivity index (χ1n) is 19.0. The molecule has 3 atom stereocenters. The van der Waals surface area contributed by atoms with Crippen molar-refractivity contribution in [3.05, 3.63) is 0 Å². The second-order valence-electron chi connectivity index (χ2n) is 13.5. The van der Waals surface area contributed by atoms with Gasteiger partial charge < -0.3 is 30.2 Å². The van der Waals surface area contributed by atoms with Crippen LogP contribution in [0.3, 0.4) is 0 Å². The van der Waals surface area contributed by atoms with Crippen molar-refractivity contribution in [2.24, 2.45) is 0 Å². The number of rotatable bonds is 0. The van der Waals surface area contributed by atoms with Gasteiger partial charge in [0.1, 0.15) is 19.8 Å². The molecule has 1 saturated heterocycles. The Hall–Kier alpha value is -1.71. The Morgan fingerprint density at radius 1 is 0.391 bits per heavy atom. The van der Waals surface area contributed by atoms with E-state index >= 15 is 0 Å². The molecular weight excluding hydrogens is 582 g/mol. The lowest BCUT2D eigenvalue weighted by Gasteiger charge is -2.14. The lowest BCUT2D eigenvalue weighted by molar-refractivity contribution is -0.144. The van der Waals surface area contributed by atoms with E-state index in [0.717, 1.165) is 89.9 Å². The average molecular weight is 654 g/mol. The molecule has 0 aromatic carbocycles. The fourth-order valence-corrected chi connectivity index (χ4v) is 5.86. The summed E-state index contributed by atoms with van der Waals surface area (Å²) in [7, 11) is 0. The maximum Gasteiger partial charge on any atom is 0.305 e. The van der Waals surface area contributed by atoms with Crippen LogP contribution in [0.5, 0.6) is 0 Å². The summed E-state index contributed by atoms with van der Waals surface area (Å²) < 4.78 is 16.2. The van der Waals surface area contributed by atoms with Gasteiger partial charge in [0.05, 0.1) is 0 Å². The summed E-state index contributed by atoms with van der Waals surface area (Å²) in [4.78, 5) is 36.1. The smallest absolute Gasteiger partial charge is 0.305 e. The summed E-state index contributed by atoms with van der Waals surface area (Å²) in [6.07, 6.45) is 22.4. The van der Waals surface area contributed by atoms with Gasteiger partial charge in [0, 0.05) is 57.0 Å². The van der Waals surface area contributed by atoms with Crippen molar-refractivity contribution in [3.8, 4) is 0 Å². The van der Waals surface area contributed by atoms with Gasteiger partial charge in [-0.2, -0.15) is 0 Å². The first-order chi connectivity index (χ1) is 22.4. The molecule has 270 valence electrons. The molecule has 3 unspecified atom stereocenters. The molecule has 1 aliphatic rings. The lowest BCUT2D eigenvalue weighted by Crippen LogP contribution is -2.30. The van der Waals surface area contributed by atoms with Crippen LogP contribution in [0.4, 0.5) is 0 Å². The standard InChI is InChI=1S/C37H71N3O6/c1-32-20-14-8-4-5-11-17-23-35(41)44-29-27-39-33(2)21-15-9-6-13-19-25-37(43)46-31-28-40-34(3)22-16-10-7-12-18-24-36(42)45-30-26-38-32/h32-34,38-40H,4-31H2,1-3H3. The third kappa shape index (κ3) is 28.5. The summed E-state index contributed by atoms with van der Waals surface area (Å²) in [6, 6.07) is 1.23. The molecule has 0 radical (unpaired) electrons. The van der Waals surface area contributed by atoms with Crippen LogP contribution in [0.1, 0.15) is 162 Å². The highest BCUT2D eigenvalue weighted by Gasteiger charge is 2.08. The topological polar surface area (TPSA) is 115 Å². The number of cyclic esters (lactones) is 3. The van der Waals surface area contributed by atoms with Crippen LogP contribution in [0, 0.1) is 0 Å². The third-order valence-corrected chi connectivity index (χ3v) is 8.88. The summed E-state index contributed by atoms with van der Waals surface area (Å²) in [5.41, 5.74) is 0. The summed E-state index contributed by atoms with van der Waals surface area (Å²) in [5, 5.41) is 10.4. The van der Waals surface area contributed by atoms with E-state index < -0.39 is 0 Å². The van der Waals surface area contributed by atoms with Crippen molar-refractivity contribution in [1.82, 2.24) is 16.0 Å². The molecule has 1 aliphatic heterocycles. The van der Waals surface area contributed by atoms with E-state index in [-0.39, 0.29) is 17.9 Å². The number of nitrogens with one attached hydrogen (secondary N) is 3. The van der Waals surface area contributed by atoms with Gasteiger partial charge >= 0.3 is 17.9 Å². The predicted molar refractivity (Wildman–Crippen MR) is 187 cm³/mol. The van der Waals surface area contributed by atoms with Crippen LogP contribution < -0.4 is 16.0 Å². The Kier molecular flexibility index (Phi) is 28.2. The van der Waals surface area contributed by atoms with E-state index in [2.05, 4.69) is 36.7 Å². The molecule has 0 aliphatic carbocycles.